The zero-order chi connectivity index (χ0) is 13.8. The molecule has 0 fully saturated rings. The van der Waals surface area contributed by atoms with E-state index in [4.69, 9.17) is 0 Å². The van der Waals surface area contributed by atoms with Crippen LogP contribution in [0.1, 0.15) is 10.5 Å². The van der Waals surface area contributed by atoms with Gasteiger partial charge in [0.05, 0.1) is 4.92 Å². The van der Waals surface area contributed by atoms with Crippen LogP contribution in [0.15, 0.2) is 47.1 Å². The van der Waals surface area contributed by atoms with Gasteiger partial charge in [-0.25, -0.2) is 4.98 Å². The zero-order valence-corrected chi connectivity index (χ0v) is 11.1. The molecule has 96 valence electrons. The number of amides is 1. The first-order chi connectivity index (χ1) is 9.08. The summed E-state index contributed by atoms with van der Waals surface area (Å²) >= 11 is 3.15. The van der Waals surface area contributed by atoms with Crippen LogP contribution in [0.4, 0.5) is 11.4 Å². The SMILES string of the molecule is O=C(Nc1ccccc1[N+](=O)[O-])c1cccc(Br)n1. The second-order valence-corrected chi connectivity index (χ2v) is 4.39. The van der Waals surface area contributed by atoms with Crippen LogP contribution >= 0.6 is 15.9 Å². The molecule has 7 heteroatoms. The lowest BCUT2D eigenvalue weighted by Gasteiger charge is -2.05. The van der Waals surface area contributed by atoms with Gasteiger partial charge >= 0.3 is 0 Å². The minimum absolute atomic E-state index is 0.138. The van der Waals surface area contributed by atoms with Crippen LogP contribution in [-0.4, -0.2) is 15.8 Å². The van der Waals surface area contributed by atoms with E-state index in [-0.39, 0.29) is 17.1 Å². The fourth-order valence-electron chi connectivity index (χ4n) is 1.46. The predicted molar refractivity (Wildman–Crippen MR) is 73.0 cm³/mol. The Morgan fingerprint density at radius 2 is 1.95 bits per heavy atom. The Kier molecular flexibility index (Phi) is 3.86. The molecule has 0 saturated heterocycles. The molecule has 1 N–H and O–H groups in total. The average molecular weight is 322 g/mol. The second kappa shape index (κ2) is 5.57. The molecule has 0 aliphatic rings. The molecule has 1 aromatic carbocycles. The molecule has 1 aromatic heterocycles. The van der Waals surface area contributed by atoms with E-state index in [0.717, 1.165) is 0 Å². The molecule has 0 unspecified atom stereocenters. The van der Waals surface area contributed by atoms with Gasteiger partial charge in [0.1, 0.15) is 16.0 Å². The van der Waals surface area contributed by atoms with Gasteiger partial charge in [0.2, 0.25) is 0 Å². The van der Waals surface area contributed by atoms with E-state index >= 15 is 0 Å². The van der Waals surface area contributed by atoms with Gasteiger partial charge < -0.3 is 5.32 Å². The van der Waals surface area contributed by atoms with Gasteiger partial charge in [0.25, 0.3) is 11.6 Å². The van der Waals surface area contributed by atoms with E-state index in [2.05, 4.69) is 26.2 Å². The third-order valence-electron chi connectivity index (χ3n) is 2.30. The number of anilines is 1. The summed E-state index contributed by atoms with van der Waals surface area (Å²) in [5.41, 5.74) is 0.151. The smallest absolute Gasteiger partial charge is 0.292 e. The number of aromatic nitrogens is 1. The van der Waals surface area contributed by atoms with E-state index in [1.54, 1.807) is 18.2 Å². The molecule has 0 bridgehead atoms. The van der Waals surface area contributed by atoms with E-state index in [1.165, 1.54) is 24.3 Å². The maximum atomic E-state index is 11.9. The van der Waals surface area contributed by atoms with E-state index in [0.29, 0.717) is 4.60 Å². The zero-order valence-electron chi connectivity index (χ0n) is 9.54. The Labute approximate surface area is 116 Å². The highest BCUT2D eigenvalue weighted by atomic mass is 79.9. The molecule has 2 rings (SSSR count). The highest BCUT2D eigenvalue weighted by molar-refractivity contribution is 9.10. The lowest BCUT2D eigenvalue weighted by atomic mass is 10.2. The van der Waals surface area contributed by atoms with Crippen molar-refractivity contribution in [1.29, 1.82) is 0 Å². The summed E-state index contributed by atoms with van der Waals surface area (Å²) in [4.78, 5) is 26.2. The standard InChI is InChI=1S/C12H8BrN3O3/c13-11-7-3-5-9(14-11)12(17)15-8-4-1-2-6-10(8)16(18)19/h1-7H,(H,15,17). The number of nitrogens with one attached hydrogen (secondary N) is 1. The molecular formula is C12H8BrN3O3. The minimum atomic E-state index is -0.552. The highest BCUT2D eigenvalue weighted by Gasteiger charge is 2.16. The third kappa shape index (κ3) is 3.14. The van der Waals surface area contributed by atoms with Crippen LogP contribution in [0.2, 0.25) is 0 Å². The van der Waals surface area contributed by atoms with E-state index in [9.17, 15) is 14.9 Å². The van der Waals surface area contributed by atoms with Gasteiger partial charge in [0, 0.05) is 6.07 Å². The summed E-state index contributed by atoms with van der Waals surface area (Å²) in [5, 5.41) is 13.3. The Morgan fingerprint density at radius 1 is 1.21 bits per heavy atom. The number of hydrogen-bond donors (Lipinski definition) is 1. The number of hydrogen-bond acceptors (Lipinski definition) is 4. The molecule has 0 saturated carbocycles. The van der Waals surface area contributed by atoms with Crippen LogP contribution in [0.5, 0.6) is 0 Å². The molecule has 1 heterocycles. The summed E-state index contributed by atoms with van der Waals surface area (Å²) in [5.74, 6) is -0.504. The number of nitro benzene ring substituents is 1. The summed E-state index contributed by atoms with van der Waals surface area (Å²) in [6, 6.07) is 10.8. The van der Waals surface area contributed by atoms with Crippen molar-refractivity contribution in [3.05, 3.63) is 62.9 Å². The Bertz CT molecular complexity index is 646. The summed E-state index contributed by atoms with van der Waals surface area (Å²) in [6.45, 7) is 0. The number of benzene rings is 1. The molecule has 0 aliphatic carbocycles. The van der Waals surface area contributed by atoms with Crippen molar-refractivity contribution >= 4 is 33.2 Å². The number of rotatable bonds is 3. The average Bonchev–Trinajstić information content (AvgIpc) is 2.39. The van der Waals surface area contributed by atoms with E-state index < -0.39 is 10.8 Å². The van der Waals surface area contributed by atoms with Crippen molar-refractivity contribution in [1.82, 2.24) is 4.98 Å². The second-order valence-electron chi connectivity index (χ2n) is 3.57. The lowest BCUT2D eigenvalue weighted by molar-refractivity contribution is -0.383. The fourth-order valence-corrected chi connectivity index (χ4v) is 1.80. The predicted octanol–water partition coefficient (Wildman–Crippen LogP) is 3.00. The van der Waals surface area contributed by atoms with Gasteiger partial charge in [-0.2, -0.15) is 0 Å². The Hall–Kier alpha value is -2.28. The van der Waals surface area contributed by atoms with Crippen molar-refractivity contribution < 1.29 is 9.72 Å². The summed E-state index contributed by atoms with van der Waals surface area (Å²) < 4.78 is 0.516. The van der Waals surface area contributed by atoms with Gasteiger partial charge in [0.15, 0.2) is 0 Å². The first-order valence-corrected chi connectivity index (χ1v) is 6.04. The van der Waals surface area contributed by atoms with Gasteiger partial charge in [-0.05, 0) is 34.1 Å². The molecule has 0 aliphatic heterocycles. The molecule has 2 aromatic rings. The third-order valence-corrected chi connectivity index (χ3v) is 2.74. The van der Waals surface area contributed by atoms with Crippen LogP contribution < -0.4 is 5.32 Å². The van der Waals surface area contributed by atoms with Crippen LogP contribution in [0.3, 0.4) is 0 Å². The van der Waals surface area contributed by atoms with Crippen LogP contribution in [-0.2, 0) is 0 Å². The number of carbonyl (C=O) groups is 1. The largest absolute Gasteiger partial charge is 0.315 e. The molecule has 0 radical (unpaired) electrons. The molecule has 19 heavy (non-hydrogen) atoms. The monoisotopic (exact) mass is 321 g/mol. The van der Waals surface area contributed by atoms with Crippen molar-refractivity contribution in [3.63, 3.8) is 0 Å². The molecule has 6 nitrogen and oxygen atoms in total. The topological polar surface area (TPSA) is 85.1 Å². The summed E-state index contributed by atoms with van der Waals surface area (Å²) in [7, 11) is 0. The van der Waals surface area contributed by atoms with Crippen molar-refractivity contribution in [2.75, 3.05) is 5.32 Å². The highest BCUT2D eigenvalue weighted by Crippen LogP contribution is 2.23. The van der Waals surface area contributed by atoms with Gasteiger partial charge in [-0.3, -0.25) is 14.9 Å². The first kappa shape index (κ1) is 13.2. The number of para-hydroxylation sites is 2. The number of nitro groups is 1. The van der Waals surface area contributed by atoms with Crippen molar-refractivity contribution in [3.8, 4) is 0 Å². The van der Waals surface area contributed by atoms with Crippen LogP contribution in [0.25, 0.3) is 0 Å². The molecular weight excluding hydrogens is 314 g/mol. The van der Waals surface area contributed by atoms with Gasteiger partial charge in [-0.1, -0.05) is 18.2 Å². The Balaban J connectivity index is 2.27. The number of nitrogens with zero attached hydrogens (tertiary/aromatic N) is 2. The minimum Gasteiger partial charge on any atom is -0.315 e. The number of halogens is 1. The molecule has 1 amide bonds. The quantitative estimate of drug-likeness (QED) is 0.535. The summed E-state index contributed by atoms with van der Waals surface area (Å²) in [6.07, 6.45) is 0. The fraction of sp³-hybridized carbons (Fsp3) is 0. The molecule has 0 spiro atoms. The van der Waals surface area contributed by atoms with Crippen molar-refractivity contribution in [2.45, 2.75) is 0 Å². The normalized spacial score (nSPS) is 9.95. The number of pyridine rings is 1. The number of carbonyl (C=O) groups excluding carboxylic acids is 1. The first-order valence-electron chi connectivity index (χ1n) is 5.25. The van der Waals surface area contributed by atoms with Crippen LogP contribution in [0, 0.1) is 10.1 Å². The Morgan fingerprint density at radius 3 is 2.63 bits per heavy atom. The molecule has 0 atom stereocenters. The lowest BCUT2D eigenvalue weighted by Crippen LogP contribution is -2.14. The van der Waals surface area contributed by atoms with Crippen molar-refractivity contribution in [2.24, 2.45) is 0 Å². The maximum Gasteiger partial charge on any atom is 0.292 e. The maximum absolute atomic E-state index is 11.9. The van der Waals surface area contributed by atoms with Gasteiger partial charge in [-0.15, -0.1) is 0 Å². The van der Waals surface area contributed by atoms with E-state index in [1.807, 2.05) is 0 Å².